The van der Waals surface area contributed by atoms with E-state index in [4.69, 9.17) is 9.84 Å². The first-order chi connectivity index (χ1) is 8.70. The highest BCUT2D eigenvalue weighted by Crippen LogP contribution is 2.22. The highest BCUT2D eigenvalue weighted by molar-refractivity contribution is 5.78. The Labute approximate surface area is 108 Å². The van der Waals surface area contributed by atoms with Gasteiger partial charge in [0.15, 0.2) is 0 Å². The predicted octanol–water partition coefficient (Wildman–Crippen LogP) is 1.56. The molecular weight excluding hydrogens is 234 g/mol. The monoisotopic (exact) mass is 257 g/mol. The van der Waals surface area contributed by atoms with E-state index < -0.39 is 5.97 Å². The van der Waals surface area contributed by atoms with Crippen LogP contribution in [0.25, 0.3) is 0 Å². The van der Waals surface area contributed by atoms with Gasteiger partial charge in [0, 0.05) is 12.5 Å². The topological polar surface area (TPSA) is 75.6 Å². The van der Waals surface area contributed by atoms with Crippen molar-refractivity contribution in [1.29, 1.82) is 0 Å². The molecule has 0 unspecified atom stereocenters. The van der Waals surface area contributed by atoms with Crippen molar-refractivity contribution in [2.75, 3.05) is 19.8 Å². The normalized spacial score (nSPS) is 17.8. The first-order valence-corrected chi connectivity index (χ1v) is 6.77. The molecule has 0 aromatic rings. The Morgan fingerprint density at radius 3 is 2.33 bits per heavy atom. The van der Waals surface area contributed by atoms with E-state index in [2.05, 4.69) is 5.32 Å². The van der Waals surface area contributed by atoms with Gasteiger partial charge in [-0.25, -0.2) is 4.79 Å². The summed E-state index contributed by atoms with van der Waals surface area (Å²) in [5.41, 5.74) is 0. The van der Waals surface area contributed by atoms with Gasteiger partial charge in [0.05, 0.1) is 6.61 Å². The molecular formula is C13H23NO4. The molecule has 0 aromatic carbocycles. The molecule has 1 aliphatic carbocycles. The molecule has 1 amide bonds. The Morgan fingerprint density at radius 2 is 1.72 bits per heavy atom. The molecule has 0 atom stereocenters. The minimum atomic E-state index is -0.985. The van der Waals surface area contributed by atoms with Gasteiger partial charge in [-0.1, -0.05) is 32.1 Å². The molecule has 0 saturated heterocycles. The van der Waals surface area contributed by atoms with Crippen molar-refractivity contribution in [3.63, 3.8) is 0 Å². The maximum absolute atomic E-state index is 11.9. The summed E-state index contributed by atoms with van der Waals surface area (Å²) in [6.45, 7) is 0.340. The van der Waals surface area contributed by atoms with Gasteiger partial charge in [-0.15, -0.1) is 0 Å². The predicted molar refractivity (Wildman–Crippen MR) is 67.3 cm³/mol. The molecule has 1 rings (SSSR count). The smallest absolute Gasteiger partial charge is 0.329 e. The molecule has 0 radical (unpaired) electrons. The third-order valence-corrected chi connectivity index (χ3v) is 3.25. The summed E-state index contributed by atoms with van der Waals surface area (Å²) in [7, 11) is 0. The zero-order chi connectivity index (χ0) is 13.2. The number of aliphatic carboxylic acids is 1. The number of amides is 1. The average Bonchev–Trinajstić information content (AvgIpc) is 2.27. The van der Waals surface area contributed by atoms with Crippen LogP contribution in [0.2, 0.25) is 0 Å². The molecule has 2 N–H and O–H groups in total. The number of carbonyl (C=O) groups is 2. The van der Waals surface area contributed by atoms with Crippen LogP contribution < -0.4 is 5.32 Å². The number of hydrogen-bond acceptors (Lipinski definition) is 3. The summed E-state index contributed by atoms with van der Waals surface area (Å²) in [5, 5.41) is 11.2. The Morgan fingerprint density at radius 1 is 1.11 bits per heavy atom. The number of nitrogens with one attached hydrogen (secondary N) is 1. The van der Waals surface area contributed by atoms with Gasteiger partial charge in [0.25, 0.3) is 0 Å². The molecule has 0 aliphatic heterocycles. The molecule has 1 aliphatic rings. The second-order valence-electron chi connectivity index (χ2n) is 4.78. The quantitative estimate of drug-likeness (QED) is 0.708. The molecule has 1 saturated carbocycles. The van der Waals surface area contributed by atoms with Gasteiger partial charge in [0.1, 0.15) is 6.61 Å². The number of carboxylic acid groups (broad SMARTS) is 1. The largest absolute Gasteiger partial charge is 0.480 e. The van der Waals surface area contributed by atoms with Crippen molar-refractivity contribution >= 4 is 11.9 Å². The minimum Gasteiger partial charge on any atom is -0.480 e. The second-order valence-corrected chi connectivity index (χ2v) is 4.78. The van der Waals surface area contributed by atoms with Crippen molar-refractivity contribution in [1.82, 2.24) is 5.32 Å². The standard InChI is InChI=1S/C13H23NO4/c15-12(16)10-18-9-8-14-13(17)11-6-4-2-1-3-5-7-11/h11H,1-10H2,(H,14,17)(H,15,16). The fourth-order valence-electron chi connectivity index (χ4n) is 2.27. The second kappa shape index (κ2) is 8.91. The van der Waals surface area contributed by atoms with Crippen LogP contribution in [0.1, 0.15) is 44.9 Å². The minimum absolute atomic E-state index is 0.0934. The molecule has 0 spiro atoms. The SMILES string of the molecule is O=C(O)COCCNC(=O)C1CCCCCCC1. The Balaban J connectivity index is 2.12. The van der Waals surface area contributed by atoms with Crippen LogP contribution >= 0.6 is 0 Å². The molecule has 5 nitrogen and oxygen atoms in total. The van der Waals surface area contributed by atoms with Crippen LogP contribution in [0.4, 0.5) is 0 Å². The lowest BCUT2D eigenvalue weighted by molar-refractivity contribution is -0.142. The lowest BCUT2D eigenvalue weighted by Crippen LogP contribution is -2.33. The van der Waals surface area contributed by atoms with Crippen LogP contribution in [-0.2, 0) is 14.3 Å². The Bertz CT molecular complexity index is 260. The summed E-state index contributed by atoms with van der Waals surface area (Å²) < 4.78 is 4.86. The summed E-state index contributed by atoms with van der Waals surface area (Å²) in [6, 6.07) is 0. The van der Waals surface area contributed by atoms with Crippen molar-refractivity contribution in [3.8, 4) is 0 Å². The maximum atomic E-state index is 11.9. The molecule has 18 heavy (non-hydrogen) atoms. The highest BCUT2D eigenvalue weighted by atomic mass is 16.5. The van der Waals surface area contributed by atoms with E-state index in [0.717, 1.165) is 25.7 Å². The lowest BCUT2D eigenvalue weighted by atomic mass is 9.90. The zero-order valence-corrected chi connectivity index (χ0v) is 10.8. The van der Waals surface area contributed by atoms with Crippen LogP contribution in [0.3, 0.4) is 0 Å². The van der Waals surface area contributed by atoms with E-state index >= 15 is 0 Å². The van der Waals surface area contributed by atoms with Gasteiger partial charge < -0.3 is 15.2 Å². The Hall–Kier alpha value is -1.10. The third kappa shape index (κ3) is 6.59. The zero-order valence-electron chi connectivity index (χ0n) is 10.8. The Kier molecular flexibility index (Phi) is 7.41. The summed E-state index contributed by atoms with van der Waals surface area (Å²) in [5.74, 6) is -0.762. The lowest BCUT2D eigenvalue weighted by Gasteiger charge is -2.19. The van der Waals surface area contributed by atoms with Crippen molar-refractivity contribution < 1.29 is 19.4 Å². The number of carbonyl (C=O) groups excluding carboxylic acids is 1. The van der Waals surface area contributed by atoms with Crippen molar-refractivity contribution in [3.05, 3.63) is 0 Å². The fourth-order valence-corrected chi connectivity index (χ4v) is 2.27. The average molecular weight is 257 g/mol. The molecule has 5 heteroatoms. The van der Waals surface area contributed by atoms with Crippen molar-refractivity contribution in [2.45, 2.75) is 44.9 Å². The van der Waals surface area contributed by atoms with Gasteiger partial charge in [0.2, 0.25) is 5.91 Å². The van der Waals surface area contributed by atoms with E-state index in [1.54, 1.807) is 0 Å². The van der Waals surface area contributed by atoms with Gasteiger partial charge in [-0.3, -0.25) is 4.79 Å². The fraction of sp³-hybridized carbons (Fsp3) is 0.846. The van der Waals surface area contributed by atoms with Gasteiger partial charge in [-0.05, 0) is 12.8 Å². The number of hydrogen-bond donors (Lipinski definition) is 2. The van der Waals surface area contributed by atoms with E-state index in [1.807, 2.05) is 0 Å². The van der Waals surface area contributed by atoms with Crippen LogP contribution in [0, 0.1) is 5.92 Å². The van der Waals surface area contributed by atoms with Gasteiger partial charge >= 0.3 is 5.97 Å². The number of carboxylic acids is 1. The number of rotatable bonds is 6. The molecule has 104 valence electrons. The maximum Gasteiger partial charge on any atom is 0.329 e. The van der Waals surface area contributed by atoms with E-state index in [9.17, 15) is 9.59 Å². The van der Waals surface area contributed by atoms with E-state index in [1.165, 1.54) is 19.3 Å². The first-order valence-electron chi connectivity index (χ1n) is 6.77. The van der Waals surface area contributed by atoms with Crippen LogP contribution in [-0.4, -0.2) is 36.7 Å². The van der Waals surface area contributed by atoms with Crippen LogP contribution in [0.15, 0.2) is 0 Å². The molecule has 0 aromatic heterocycles. The first kappa shape index (κ1) is 15.0. The van der Waals surface area contributed by atoms with E-state index in [0.29, 0.717) is 6.54 Å². The van der Waals surface area contributed by atoms with Crippen molar-refractivity contribution in [2.24, 2.45) is 5.92 Å². The van der Waals surface area contributed by atoms with E-state index in [-0.39, 0.29) is 25.0 Å². The third-order valence-electron chi connectivity index (χ3n) is 3.25. The summed E-state index contributed by atoms with van der Waals surface area (Å²) in [4.78, 5) is 22.1. The summed E-state index contributed by atoms with van der Waals surface area (Å²) >= 11 is 0. The van der Waals surface area contributed by atoms with Gasteiger partial charge in [-0.2, -0.15) is 0 Å². The molecule has 0 bridgehead atoms. The van der Waals surface area contributed by atoms with Crippen LogP contribution in [0.5, 0.6) is 0 Å². The highest BCUT2D eigenvalue weighted by Gasteiger charge is 2.18. The number of ether oxygens (including phenoxy) is 1. The summed E-state index contributed by atoms with van der Waals surface area (Å²) in [6.07, 6.45) is 7.96. The molecule has 1 fully saturated rings. The molecule has 0 heterocycles.